The summed E-state index contributed by atoms with van der Waals surface area (Å²) in [6.07, 6.45) is 3.50. The Labute approximate surface area is 122 Å². The van der Waals surface area contributed by atoms with Gasteiger partial charge in [-0.25, -0.2) is 4.98 Å². The monoisotopic (exact) mass is 293 g/mol. The Morgan fingerprint density at radius 2 is 2.15 bits per heavy atom. The number of benzene rings is 1. The predicted molar refractivity (Wildman–Crippen MR) is 76.3 cm³/mol. The molecule has 1 unspecified atom stereocenters. The summed E-state index contributed by atoms with van der Waals surface area (Å²) in [7, 11) is 1.82. The second-order valence-electron chi connectivity index (χ2n) is 4.54. The lowest BCUT2D eigenvalue weighted by Gasteiger charge is -2.16. The van der Waals surface area contributed by atoms with Crippen LogP contribution in [-0.2, 0) is 18.3 Å². The van der Waals surface area contributed by atoms with Crippen molar-refractivity contribution < 1.29 is 9.90 Å². The number of aliphatic hydroxyl groups is 1. The zero-order valence-electron chi connectivity index (χ0n) is 11.1. The van der Waals surface area contributed by atoms with Gasteiger partial charge in [-0.3, -0.25) is 4.79 Å². The standard InChI is InChI=1S/C14H16ClN3O2/c1-18-9-16-7-13(18)12(8-19)17-14(20)6-10-2-4-11(15)5-3-10/h2-5,7,9,12,19H,6,8H2,1H3,(H,17,20). The number of halogens is 1. The number of imidazole rings is 1. The zero-order valence-corrected chi connectivity index (χ0v) is 11.8. The van der Waals surface area contributed by atoms with Gasteiger partial charge in [-0.15, -0.1) is 0 Å². The number of hydrogen-bond acceptors (Lipinski definition) is 3. The van der Waals surface area contributed by atoms with E-state index in [9.17, 15) is 9.90 Å². The maximum absolute atomic E-state index is 12.0. The van der Waals surface area contributed by atoms with Gasteiger partial charge in [0.2, 0.25) is 5.91 Å². The Bertz CT molecular complexity index is 580. The van der Waals surface area contributed by atoms with E-state index in [0.29, 0.717) is 5.02 Å². The summed E-state index contributed by atoms with van der Waals surface area (Å²) in [5, 5.41) is 12.8. The lowest BCUT2D eigenvalue weighted by molar-refractivity contribution is -0.121. The van der Waals surface area contributed by atoms with Crippen LogP contribution in [0, 0.1) is 0 Å². The van der Waals surface area contributed by atoms with Crippen LogP contribution in [0.4, 0.5) is 0 Å². The summed E-state index contributed by atoms with van der Waals surface area (Å²) in [5.41, 5.74) is 1.63. The first-order valence-corrected chi connectivity index (χ1v) is 6.59. The summed E-state index contributed by atoms with van der Waals surface area (Å²) in [6.45, 7) is -0.175. The smallest absolute Gasteiger partial charge is 0.225 e. The van der Waals surface area contributed by atoms with Gasteiger partial charge in [0.05, 0.1) is 37.3 Å². The summed E-state index contributed by atoms with van der Waals surface area (Å²) in [6, 6.07) is 6.64. The van der Waals surface area contributed by atoms with E-state index in [1.807, 2.05) is 7.05 Å². The maximum Gasteiger partial charge on any atom is 0.225 e. The molecule has 2 rings (SSSR count). The summed E-state index contributed by atoms with van der Waals surface area (Å²) >= 11 is 5.80. The molecule has 1 aromatic heterocycles. The Morgan fingerprint density at radius 1 is 1.45 bits per heavy atom. The van der Waals surface area contributed by atoms with Crippen LogP contribution in [-0.4, -0.2) is 27.2 Å². The molecule has 0 aliphatic carbocycles. The van der Waals surface area contributed by atoms with E-state index in [0.717, 1.165) is 11.3 Å². The van der Waals surface area contributed by atoms with Crippen molar-refractivity contribution in [1.82, 2.24) is 14.9 Å². The molecule has 1 amide bonds. The first kappa shape index (κ1) is 14.6. The van der Waals surface area contributed by atoms with Gasteiger partial charge < -0.3 is 15.0 Å². The molecule has 1 aromatic carbocycles. The average Bonchev–Trinajstić information content (AvgIpc) is 2.85. The van der Waals surface area contributed by atoms with Crippen LogP contribution in [0.5, 0.6) is 0 Å². The van der Waals surface area contributed by atoms with Crippen molar-refractivity contribution in [3.63, 3.8) is 0 Å². The van der Waals surface area contributed by atoms with Crippen molar-refractivity contribution in [3.05, 3.63) is 53.1 Å². The number of aryl methyl sites for hydroxylation is 1. The molecule has 5 nitrogen and oxygen atoms in total. The lowest BCUT2D eigenvalue weighted by Crippen LogP contribution is -2.33. The fourth-order valence-corrected chi connectivity index (χ4v) is 2.08. The number of carbonyl (C=O) groups is 1. The minimum atomic E-state index is -0.456. The number of nitrogens with zero attached hydrogens (tertiary/aromatic N) is 2. The SMILES string of the molecule is Cn1cncc1C(CO)NC(=O)Cc1ccc(Cl)cc1. The number of nitrogens with one attached hydrogen (secondary N) is 1. The van der Waals surface area contributed by atoms with Crippen molar-refractivity contribution in [3.8, 4) is 0 Å². The molecule has 0 fully saturated rings. The number of carbonyl (C=O) groups excluding carboxylic acids is 1. The van der Waals surface area contributed by atoms with Crippen molar-refractivity contribution in [2.24, 2.45) is 7.05 Å². The van der Waals surface area contributed by atoms with Crippen molar-refractivity contribution >= 4 is 17.5 Å². The van der Waals surface area contributed by atoms with E-state index in [-0.39, 0.29) is 18.9 Å². The topological polar surface area (TPSA) is 67.2 Å². The molecule has 0 saturated heterocycles. The fourth-order valence-electron chi connectivity index (χ4n) is 1.95. The molecular weight excluding hydrogens is 278 g/mol. The van der Waals surface area contributed by atoms with Crippen LogP contribution in [0.1, 0.15) is 17.3 Å². The molecule has 0 aliphatic heterocycles. The van der Waals surface area contributed by atoms with E-state index in [1.165, 1.54) is 0 Å². The summed E-state index contributed by atoms with van der Waals surface area (Å²) in [5.74, 6) is -0.160. The molecule has 0 saturated carbocycles. The van der Waals surface area contributed by atoms with Gasteiger partial charge in [0.15, 0.2) is 0 Å². The Morgan fingerprint density at radius 3 is 2.70 bits per heavy atom. The first-order chi connectivity index (χ1) is 9.60. The van der Waals surface area contributed by atoms with Crippen LogP contribution in [0.15, 0.2) is 36.8 Å². The largest absolute Gasteiger partial charge is 0.394 e. The molecule has 6 heteroatoms. The normalized spacial score (nSPS) is 12.2. The molecule has 0 radical (unpaired) electrons. The first-order valence-electron chi connectivity index (χ1n) is 6.21. The van der Waals surface area contributed by atoms with Gasteiger partial charge in [-0.1, -0.05) is 23.7 Å². The minimum Gasteiger partial charge on any atom is -0.394 e. The molecule has 2 N–H and O–H groups in total. The van der Waals surface area contributed by atoms with Gasteiger partial charge >= 0.3 is 0 Å². The molecule has 20 heavy (non-hydrogen) atoms. The van der Waals surface area contributed by atoms with Crippen LogP contribution >= 0.6 is 11.6 Å². The third-order valence-electron chi connectivity index (χ3n) is 3.01. The second-order valence-corrected chi connectivity index (χ2v) is 4.97. The molecular formula is C14H16ClN3O2. The molecule has 0 bridgehead atoms. The van der Waals surface area contributed by atoms with Crippen molar-refractivity contribution in [1.29, 1.82) is 0 Å². The van der Waals surface area contributed by atoms with Crippen LogP contribution in [0.2, 0.25) is 5.02 Å². The minimum absolute atomic E-state index is 0.160. The van der Waals surface area contributed by atoms with E-state index in [1.54, 1.807) is 41.4 Å². The number of hydrogen-bond donors (Lipinski definition) is 2. The Balaban J connectivity index is 1.99. The number of aromatic nitrogens is 2. The van der Waals surface area contributed by atoms with E-state index in [2.05, 4.69) is 10.3 Å². The van der Waals surface area contributed by atoms with Crippen molar-refractivity contribution in [2.45, 2.75) is 12.5 Å². The highest BCUT2D eigenvalue weighted by Crippen LogP contribution is 2.12. The van der Waals surface area contributed by atoms with E-state index >= 15 is 0 Å². The van der Waals surface area contributed by atoms with Crippen LogP contribution < -0.4 is 5.32 Å². The summed E-state index contributed by atoms with van der Waals surface area (Å²) < 4.78 is 1.77. The number of rotatable bonds is 5. The molecule has 0 aliphatic rings. The second kappa shape index (κ2) is 6.54. The highest BCUT2D eigenvalue weighted by atomic mass is 35.5. The molecule has 2 aromatic rings. The molecule has 106 valence electrons. The number of amides is 1. The third-order valence-corrected chi connectivity index (χ3v) is 3.26. The number of aliphatic hydroxyl groups excluding tert-OH is 1. The van der Waals surface area contributed by atoms with Gasteiger partial charge in [0.25, 0.3) is 0 Å². The van der Waals surface area contributed by atoms with E-state index in [4.69, 9.17) is 11.6 Å². The van der Waals surface area contributed by atoms with E-state index < -0.39 is 6.04 Å². The molecule has 1 atom stereocenters. The van der Waals surface area contributed by atoms with Gasteiger partial charge in [0.1, 0.15) is 0 Å². The molecule has 0 spiro atoms. The quantitative estimate of drug-likeness (QED) is 0.877. The highest BCUT2D eigenvalue weighted by molar-refractivity contribution is 6.30. The molecule has 1 heterocycles. The van der Waals surface area contributed by atoms with Crippen LogP contribution in [0.3, 0.4) is 0 Å². The average molecular weight is 294 g/mol. The fraction of sp³-hybridized carbons (Fsp3) is 0.286. The lowest BCUT2D eigenvalue weighted by atomic mass is 10.1. The summed E-state index contributed by atoms with van der Waals surface area (Å²) in [4.78, 5) is 16.0. The Kier molecular flexibility index (Phi) is 4.76. The predicted octanol–water partition coefficient (Wildman–Crippen LogP) is 1.47. The Hall–Kier alpha value is -1.85. The van der Waals surface area contributed by atoms with Gasteiger partial charge in [-0.05, 0) is 17.7 Å². The zero-order chi connectivity index (χ0) is 14.5. The highest BCUT2D eigenvalue weighted by Gasteiger charge is 2.16. The van der Waals surface area contributed by atoms with Crippen LogP contribution in [0.25, 0.3) is 0 Å². The maximum atomic E-state index is 12.0. The van der Waals surface area contributed by atoms with Gasteiger partial charge in [0, 0.05) is 12.1 Å². The van der Waals surface area contributed by atoms with Crippen molar-refractivity contribution in [2.75, 3.05) is 6.61 Å². The van der Waals surface area contributed by atoms with Gasteiger partial charge in [-0.2, -0.15) is 0 Å². The third kappa shape index (κ3) is 3.59.